The van der Waals surface area contributed by atoms with E-state index < -0.39 is 11.7 Å². The van der Waals surface area contributed by atoms with Gasteiger partial charge in [0, 0.05) is 24.2 Å². The van der Waals surface area contributed by atoms with Crippen molar-refractivity contribution in [3.05, 3.63) is 48.7 Å². The van der Waals surface area contributed by atoms with Gasteiger partial charge in [0.25, 0.3) is 0 Å². The van der Waals surface area contributed by atoms with Crippen LogP contribution in [-0.2, 0) is 4.74 Å². The Morgan fingerprint density at radius 2 is 1.88 bits per heavy atom. The van der Waals surface area contributed by atoms with Crippen LogP contribution < -0.4 is 4.90 Å². The number of fused-ring (bicyclic) bond motifs is 1. The number of phenols is 1. The van der Waals surface area contributed by atoms with Gasteiger partial charge in [-0.15, -0.1) is 0 Å². The lowest BCUT2D eigenvalue weighted by Gasteiger charge is -2.24. The third kappa shape index (κ3) is 3.91. The fraction of sp³-hybridized carbons (Fsp3) is 0.250. The number of benzene rings is 1. The second-order valence-corrected chi connectivity index (χ2v) is 7.02. The summed E-state index contributed by atoms with van der Waals surface area (Å²) in [5.74, 6) is 0.706. The molecule has 6 nitrogen and oxygen atoms in total. The normalized spacial score (nSPS) is 11.4. The van der Waals surface area contributed by atoms with Crippen molar-refractivity contribution in [3.63, 3.8) is 0 Å². The van der Waals surface area contributed by atoms with Gasteiger partial charge in [-0.25, -0.2) is 14.8 Å². The fourth-order valence-electron chi connectivity index (χ4n) is 2.43. The molecule has 0 saturated carbocycles. The van der Waals surface area contributed by atoms with E-state index in [2.05, 4.69) is 9.97 Å². The molecule has 0 spiro atoms. The first-order valence-electron chi connectivity index (χ1n) is 8.26. The Morgan fingerprint density at radius 3 is 2.54 bits per heavy atom. The molecule has 2 heterocycles. The lowest BCUT2D eigenvalue weighted by molar-refractivity contribution is 0.0588. The van der Waals surface area contributed by atoms with Gasteiger partial charge < -0.3 is 9.84 Å². The summed E-state index contributed by atoms with van der Waals surface area (Å²) in [5.41, 5.74) is 1.83. The number of aromatic hydroxyl groups is 1. The Kier molecular flexibility index (Phi) is 4.50. The maximum atomic E-state index is 12.1. The summed E-state index contributed by atoms with van der Waals surface area (Å²) in [4.78, 5) is 22.4. The molecule has 0 saturated heterocycles. The second kappa shape index (κ2) is 6.63. The van der Waals surface area contributed by atoms with Crippen LogP contribution in [0.3, 0.4) is 0 Å². The van der Waals surface area contributed by atoms with Gasteiger partial charge in [-0.1, -0.05) is 6.07 Å². The third-order valence-corrected chi connectivity index (χ3v) is 3.73. The lowest BCUT2D eigenvalue weighted by atomic mass is 10.1. The topological polar surface area (TPSA) is 75.6 Å². The van der Waals surface area contributed by atoms with E-state index in [4.69, 9.17) is 4.74 Å². The van der Waals surface area contributed by atoms with E-state index in [0.717, 1.165) is 22.2 Å². The van der Waals surface area contributed by atoms with Gasteiger partial charge in [0.15, 0.2) is 0 Å². The number of hydrogen-bond donors (Lipinski definition) is 1. The largest absolute Gasteiger partial charge is 0.508 e. The van der Waals surface area contributed by atoms with Crippen LogP contribution in [0.1, 0.15) is 20.8 Å². The monoisotopic (exact) mass is 351 g/mol. The summed E-state index contributed by atoms with van der Waals surface area (Å²) in [6, 6.07) is 12.4. The van der Waals surface area contributed by atoms with Crippen LogP contribution in [0.2, 0.25) is 0 Å². The van der Waals surface area contributed by atoms with Crippen molar-refractivity contribution in [2.75, 3.05) is 11.9 Å². The van der Waals surface area contributed by atoms with Crippen molar-refractivity contribution in [2.24, 2.45) is 0 Å². The molecule has 1 N–H and O–H groups in total. The average molecular weight is 351 g/mol. The van der Waals surface area contributed by atoms with Crippen LogP contribution in [-0.4, -0.2) is 33.8 Å². The van der Waals surface area contributed by atoms with Gasteiger partial charge in [-0.2, -0.15) is 0 Å². The highest BCUT2D eigenvalue weighted by atomic mass is 16.6. The van der Waals surface area contributed by atoms with Crippen LogP contribution in [0.4, 0.5) is 10.6 Å². The van der Waals surface area contributed by atoms with E-state index in [0.29, 0.717) is 5.82 Å². The van der Waals surface area contributed by atoms with Gasteiger partial charge in [-0.05, 0) is 57.2 Å². The highest BCUT2D eigenvalue weighted by Crippen LogP contribution is 2.24. The molecule has 26 heavy (non-hydrogen) atoms. The van der Waals surface area contributed by atoms with Gasteiger partial charge in [0.1, 0.15) is 17.2 Å². The molecular formula is C20H21N3O3. The first-order chi connectivity index (χ1) is 12.2. The Balaban J connectivity index is 1.83. The molecule has 2 aromatic heterocycles. The molecule has 0 aliphatic carbocycles. The number of rotatable bonds is 2. The number of carbonyl (C=O) groups is 1. The second-order valence-electron chi connectivity index (χ2n) is 7.02. The number of amides is 1. The molecule has 1 aromatic carbocycles. The number of anilines is 1. The smallest absolute Gasteiger partial charge is 0.415 e. The summed E-state index contributed by atoms with van der Waals surface area (Å²) in [6.07, 6.45) is 1.21. The molecule has 0 aliphatic rings. The Hall–Kier alpha value is -3.15. The zero-order chi connectivity index (χ0) is 18.9. The Morgan fingerprint density at radius 1 is 1.12 bits per heavy atom. The van der Waals surface area contributed by atoms with Gasteiger partial charge in [0.05, 0.1) is 11.2 Å². The third-order valence-electron chi connectivity index (χ3n) is 3.73. The highest BCUT2D eigenvalue weighted by Gasteiger charge is 2.21. The summed E-state index contributed by atoms with van der Waals surface area (Å²) >= 11 is 0. The Labute approximate surface area is 152 Å². The van der Waals surface area contributed by atoms with E-state index in [1.54, 1.807) is 37.5 Å². The number of phenolic OH excluding ortho intramolecular Hbond substituents is 1. The zero-order valence-corrected chi connectivity index (χ0v) is 15.2. The molecular weight excluding hydrogens is 330 g/mol. The maximum Gasteiger partial charge on any atom is 0.415 e. The SMILES string of the molecule is CN(C(=O)OC(C)(C)C)c1ccc(-c2ccc3cc(O)ccc3n2)cn1. The molecule has 3 rings (SSSR count). The summed E-state index contributed by atoms with van der Waals surface area (Å²) in [7, 11) is 1.62. The van der Waals surface area contributed by atoms with E-state index in [-0.39, 0.29) is 5.75 Å². The highest BCUT2D eigenvalue weighted by molar-refractivity contribution is 5.86. The number of nitrogens with zero attached hydrogens (tertiary/aromatic N) is 3. The quantitative estimate of drug-likeness (QED) is 0.742. The number of ether oxygens (including phenoxy) is 1. The summed E-state index contributed by atoms with van der Waals surface area (Å²) < 4.78 is 5.34. The maximum absolute atomic E-state index is 12.1. The van der Waals surface area contributed by atoms with Gasteiger partial charge in [-0.3, -0.25) is 4.90 Å². The minimum absolute atomic E-state index is 0.211. The summed E-state index contributed by atoms with van der Waals surface area (Å²) in [5, 5.41) is 10.4. The van der Waals surface area contributed by atoms with Crippen LogP contribution >= 0.6 is 0 Å². The zero-order valence-electron chi connectivity index (χ0n) is 15.2. The van der Waals surface area contributed by atoms with E-state index in [9.17, 15) is 9.90 Å². The van der Waals surface area contributed by atoms with Gasteiger partial charge in [0.2, 0.25) is 0 Å². The number of aromatic nitrogens is 2. The molecule has 1 amide bonds. The minimum atomic E-state index is -0.561. The van der Waals surface area contributed by atoms with Gasteiger partial charge >= 0.3 is 6.09 Å². The Bertz CT molecular complexity index is 947. The molecule has 0 unspecified atom stereocenters. The first kappa shape index (κ1) is 17.7. The van der Waals surface area contributed by atoms with Crippen LogP contribution in [0, 0.1) is 0 Å². The predicted molar refractivity (Wildman–Crippen MR) is 101 cm³/mol. The lowest BCUT2D eigenvalue weighted by Crippen LogP contribution is -2.34. The van der Waals surface area contributed by atoms with Crippen molar-refractivity contribution in [1.82, 2.24) is 9.97 Å². The van der Waals surface area contributed by atoms with Crippen molar-refractivity contribution in [2.45, 2.75) is 26.4 Å². The van der Waals surface area contributed by atoms with Crippen LogP contribution in [0.25, 0.3) is 22.2 Å². The molecule has 0 aliphatic heterocycles. The molecule has 0 atom stereocenters. The number of hydrogen-bond acceptors (Lipinski definition) is 5. The number of pyridine rings is 2. The van der Waals surface area contributed by atoms with E-state index >= 15 is 0 Å². The van der Waals surface area contributed by atoms with Crippen molar-refractivity contribution < 1.29 is 14.6 Å². The van der Waals surface area contributed by atoms with Crippen LogP contribution in [0.5, 0.6) is 5.75 Å². The predicted octanol–water partition coefficient (Wildman–Crippen LogP) is 4.37. The average Bonchev–Trinajstić information content (AvgIpc) is 2.59. The standard InChI is InChI=1S/C20H21N3O3/c1-20(2,3)26-19(25)23(4)18-10-6-14(12-21-18)17-8-5-13-11-15(24)7-9-16(13)22-17/h5-12,24H,1-4H3. The molecule has 134 valence electrons. The molecule has 0 bridgehead atoms. The van der Waals surface area contributed by atoms with E-state index in [1.165, 1.54) is 4.90 Å². The van der Waals surface area contributed by atoms with Crippen molar-refractivity contribution in [1.29, 1.82) is 0 Å². The summed E-state index contributed by atoms with van der Waals surface area (Å²) in [6.45, 7) is 5.46. The first-order valence-corrected chi connectivity index (χ1v) is 8.26. The fourth-order valence-corrected chi connectivity index (χ4v) is 2.43. The molecule has 6 heteroatoms. The van der Waals surface area contributed by atoms with Crippen LogP contribution in [0.15, 0.2) is 48.7 Å². The van der Waals surface area contributed by atoms with Crippen molar-refractivity contribution >= 4 is 22.8 Å². The minimum Gasteiger partial charge on any atom is -0.508 e. The molecule has 0 fully saturated rings. The van der Waals surface area contributed by atoms with E-state index in [1.807, 2.05) is 39.0 Å². The molecule has 0 radical (unpaired) electrons. The number of carbonyl (C=O) groups excluding carboxylic acids is 1. The molecule has 3 aromatic rings. The van der Waals surface area contributed by atoms with Crippen molar-refractivity contribution in [3.8, 4) is 17.0 Å².